The standard InChI is InChI=1S/C5H5NO3/c1-2-3-4(7)6-9-5(3)8/h2-3H,1H2,(H,6,7). The molecule has 1 rings (SSSR count). The zero-order chi connectivity index (χ0) is 6.85. The van der Waals surface area contributed by atoms with Gasteiger partial charge in [-0.1, -0.05) is 6.08 Å². The molecule has 48 valence electrons. The van der Waals surface area contributed by atoms with E-state index in [9.17, 15) is 9.59 Å². The minimum Gasteiger partial charge on any atom is -0.340 e. The third-order valence-electron chi connectivity index (χ3n) is 1.02. The summed E-state index contributed by atoms with van der Waals surface area (Å²) in [6.07, 6.45) is 1.24. The molecule has 1 aliphatic rings. The largest absolute Gasteiger partial charge is 0.348 e. The molecule has 1 atom stereocenters. The number of carbonyl (C=O) groups excluding carboxylic acids is 2. The molecule has 1 amide bonds. The Hall–Kier alpha value is -1.32. The molecule has 0 saturated carbocycles. The molecule has 0 aromatic heterocycles. The van der Waals surface area contributed by atoms with Crippen LogP contribution in [0.4, 0.5) is 0 Å². The number of nitrogens with one attached hydrogen (secondary N) is 1. The van der Waals surface area contributed by atoms with Crippen molar-refractivity contribution in [1.82, 2.24) is 5.48 Å². The quantitative estimate of drug-likeness (QED) is 0.377. The van der Waals surface area contributed by atoms with Crippen LogP contribution in [0.15, 0.2) is 12.7 Å². The van der Waals surface area contributed by atoms with Crippen molar-refractivity contribution in [2.75, 3.05) is 0 Å². The first kappa shape index (κ1) is 5.81. The number of hydrogen-bond donors (Lipinski definition) is 1. The Bertz CT molecular complexity index is 159. The normalized spacial score (nSPS) is 25.1. The first-order chi connectivity index (χ1) is 4.25. The van der Waals surface area contributed by atoms with Crippen LogP contribution in [0.1, 0.15) is 0 Å². The van der Waals surface area contributed by atoms with Crippen molar-refractivity contribution < 1.29 is 14.4 Å². The molecule has 1 N–H and O–H groups in total. The summed E-state index contributed by atoms with van der Waals surface area (Å²) in [6, 6.07) is 0. The third kappa shape index (κ3) is 0.782. The van der Waals surface area contributed by atoms with Gasteiger partial charge >= 0.3 is 5.97 Å². The van der Waals surface area contributed by atoms with Crippen molar-refractivity contribution in [3.63, 3.8) is 0 Å². The number of hydroxylamine groups is 1. The number of amides is 1. The van der Waals surface area contributed by atoms with Crippen LogP contribution in [0.25, 0.3) is 0 Å². The van der Waals surface area contributed by atoms with E-state index in [4.69, 9.17) is 0 Å². The molecule has 1 aliphatic heterocycles. The third-order valence-corrected chi connectivity index (χ3v) is 1.02. The van der Waals surface area contributed by atoms with Crippen LogP contribution in [0, 0.1) is 5.92 Å². The highest BCUT2D eigenvalue weighted by Gasteiger charge is 2.32. The lowest BCUT2D eigenvalue weighted by Gasteiger charge is -1.86. The van der Waals surface area contributed by atoms with Crippen molar-refractivity contribution >= 4 is 11.9 Å². The molecule has 0 spiro atoms. The van der Waals surface area contributed by atoms with Gasteiger partial charge < -0.3 is 4.84 Å². The van der Waals surface area contributed by atoms with E-state index in [-0.39, 0.29) is 0 Å². The second-order valence-electron chi connectivity index (χ2n) is 1.60. The van der Waals surface area contributed by atoms with Gasteiger partial charge in [-0.05, 0) is 0 Å². The fourth-order valence-corrected chi connectivity index (χ4v) is 0.538. The molecule has 0 radical (unpaired) electrons. The van der Waals surface area contributed by atoms with Crippen LogP contribution in [0.2, 0.25) is 0 Å². The topological polar surface area (TPSA) is 55.4 Å². The van der Waals surface area contributed by atoms with Crippen LogP contribution in [-0.2, 0) is 14.4 Å². The molecule has 1 unspecified atom stereocenters. The molecule has 1 heterocycles. The molecule has 0 aliphatic carbocycles. The van der Waals surface area contributed by atoms with E-state index >= 15 is 0 Å². The van der Waals surface area contributed by atoms with Gasteiger partial charge in [0.2, 0.25) is 0 Å². The van der Waals surface area contributed by atoms with Gasteiger partial charge in [-0.3, -0.25) is 4.79 Å². The summed E-state index contributed by atoms with van der Waals surface area (Å²) < 4.78 is 0. The predicted molar refractivity (Wildman–Crippen MR) is 27.9 cm³/mol. The molecule has 9 heavy (non-hydrogen) atoms. The lowest BCUT2D eigenvalue weighted by atomic mass is 10.1. The summed E-state index contributed by atoms with van der Waals surface area (Å²) in [5.41, 5.74) is 1.91. The maximum Gasteiger partial charge on any atom is 0.348 e. The molecule has 1 saturated heterocycles. The van der Waals surface area contributed by atoms with E-state index in [1.165, 1.54) is 6.08 Å². The van der Waals surface area contributed by atoms with Gasteiger partial charge in [-0.25, -0.2) is 4.79 Å². The van der Waals surface area contributed by atoms with E-state index in [0.29, 0.717) is 0 Å². The average Bonchev–Trinajstić information content (AvgIpc) is 2.12. The maximum atomic E-state index is 10.5. The summed E-state index contributed by atoms with van der Waals surface area (Å²) in [5.74, 6) is -1.85. The highest BCUT2D eigenvalue weighted by atomic mass is 16.7. The number of rotatable bonds is 1. The molecule has 4 heteroatoms. The lowest BCUT2D eigenvalue weighted by Crippen LogP contribution is -2.17. The molecule has 0 aromatic carbocycles. The van der Waals surface area contributed by atoms with Crippen molar-refractivity contribution in [2.24, 2.45) is 5.92 Å². The Kier molecular flexibility index (Phi) is 1.22. The maximum absolute atomic E-state index is 10.5. The van der Waals surface area contributed by atoms with Crippen molar-refractivity contribution in [3.05, 3.63) is 12.7 Å². The fourth-order valence-electron chi connectivity index (χ4n) is 0.538. The van der Waals surface area contributed by atoms with E-state index in [2.05, 4.69) is 11.4 Å². The van der Waals surface area contributed by atoms with Crippen molar-refractivity contribution in [1.29, 1.82) is 0 Å². The van der Waals surface area contributed by atoms with E-state index < -0.39 is 17.8 Å². The molecular weight excluding hydrogens is 122 g/mol. The van der Waals surface area contributed by atoms with Crippen LogP contribution in [0.3, 0.4) is 0 Å². The molecular formula is C5H5NO3. The molecule has 4 nitrogen and oxygen atoms in total. The predicted octanol–water partition coefficient (Wildman–Crippen LogP) is -0.623. The SMILES string of the molecule is C=CC1C(=O)NOC1=O. The van der Waals surface area contributed by atoms with Gasteiger partial charge in [0, 0.05) is 0 Å². The van der Waals surface area contributed by atoms with Gasteiger partial charge in [0.1, 0.15) is 0 Å². The first-order valence-electron chi connectivity index (χ1n) is 2.39. The molecule has 1 fully saturated rings. The summed E-state index contributed by atoms with van der Waals surface area (Å²) in [5, 5.41) is 0. The highest BCUT2D eigenvalue weighted by molar-refractivity contribution is 6.03. The fraction of sp³-hybridized carbons (Fsp3) is 0.200. The zero-order valence-electron chi connectivity index (χ0n) is 4.59. The Labute approximate surface area is 51.4 Å². The Morgan fingerprint density at radius 3 is 2.56 bits per heavy atom. The Morgan fingerprint density at radius 2 is 2.33 bits per heavy atom. The van der Waals surface area contributed by atoms with Crippen molar-refractivity contribution in [2.45, 2.75) is 0 Å². The summed E-state index contributed by atoms with van der Waals surface area (Å²) in [4.78, 5) is 25.1. The van der Waals surface area contributed by atoms with Crippen LogP contribution >= 0.6 is 0 Å². The monoisotopic (exact) mass is 127 g/mol. The summed E-state index contributed by atoms with van der Waals surface area (Å²) >= 11 is 0. The summed E-state index contributed by atoms with van der Waals surface area (Å²) in [7, 11) is 0. The highest BCUT2D eigenvalue weighted by Crippen LogP contribution is 2.05. The second kappa shape index (κ2) is 1.89. The van der Waals surface area contributed by atoms with Gasteiger partial charge in [0.25, 0.3) is 5.91 Å². The Balaban J connectivity index is 2.77. The van der Waals surface area contributed by atoms with Crippen LogP contribution in [-0.4, -0.2) is 11.9 Å². The Morgan fingerprint density at radius 1 is 1.67 bits per heavy atom. The minimum absolute atomic E-state index is 0.449. The van der Waals surface area contributed by atoms with E-state index in [1.54, 1.807) is 0 Å². The molecule has 0 bridgehead atoms. The van der Waals surface area contributed by atoms with Gasteiger partial charge in [0.05, 0.1) is 0 Å². The number of hydrogen-bond acceptors (Lipinski definition) is 3. The van der Waals surface area contributed by atoms with Gasteiger partial charge in [-0.2, -0.15) is 5.48 Å². The van der Waals surface area contributed by atoms with E-state index in [0.717, 1.165) is 0 Å². The van der Waals surface area contributed by atoms with Crippen LogP contribution in [0.5, 0.6) is 0 Å². The van der Waals surface area contributed by atoms with Gasteiger partial charge in [-0.15, -0.1) is 6.58 Å². The van der Waals surface area contributed by atoms with E-state index in [1.807, 2.05) is 5.48 Å². The van der Waals surface area contributed by atoms with Crippen LogP contribution < -0.4 is 5.48 Å². The first-order valence-corrected chi connectivity index (χ1v) is 2.39. The second-order valence-corrected chi connectivity index (χ2v) is 1.60. The molecule has 0 aromatic rings. The average molecular weight is 127 g/mol. The minimum atomic E-state index is -0.815. The van der Waals surface area contributed by atoms with Crippen molar-refractivity contribution in [3.8, 4) is 0 Å². The zero-order valence-corrected chi connectivity index (χ0v) is 4.59. The lowest BCUT2D eigenvalue weighted by molar-refractivity contribution is -0.145. The van der Waals surface area contributed by atoms with Gasteiger partial charge in [0.15, 0.2) is 5.92 Å². The smallest absolute Gasteiger partial charge is 0.340 e. The number of carbonyl (C=O) groups is 2. The summed E-state index contributed by atoms with van der Waals surface area (Å²) in [6.45, 7) is 3.28.